The fraction of sp³-hybridized carbons (Fsp3) is 0.385. The Kier molecular flexibility index (Phi) is 6.17. The predicted molar refractivity (Wildman–Crippen MR) is 125 cm³/mol. The minimum atomic E-state index is -4.46. The molecule has 6 nitrogen and oxygen atoms in total. The molecule has 2 unspecified atom stereocenters. The maximum Gasteiger partial charge on any atom is 0.416 e. The predicted octanol–water partition coefficient (Wildman–Crippen LogP) is 4.51. The minimum absolute atomic E-state index is 0.00314. The van der Waals surface area contributed by atoms with Crippen molar-refractivity contribution in [3.05, 3.63) is 75.6 Å². The Morgan fingerprint density at radius 1 is 1.14 bits per heavy atom. The molecule has 0 bridgehead atoms. The first kappa shape index (κ1) is 24.8. The van der Waals surface area contributed by atoms with Crippen LogP contribution in [0.3, 0.4) is 0 Å². The van der Waals surface area contributed by atoms with Crippen molar-refractivity contribution < 1.29 is 27.8 Å². The maximum atomic E-state index is 13.9. The van der Waals surface area contributed by atoms with Crippen molar-refractivity contribution in [3.63, 3.8) is 0 Å². The fourth-order valence-electron chi connectivity index (χ4n) is 4.71. The second-order valence-electron chi connectivity index (χ2n) is 9.25. The summed E-state index contributed by atoms with van der Waals surface area (Å²) < 4.78 is 46.6. The zero-order valence-electron chi connectivity index (χ0n) is 19.9. The van der Waals surface area contributed by atoms with Crippen molar-refractivity contribution in [1.82, 2.24) is 9.47 Å². The summed E-state index contributed by atoms with van der Waals surface area (Å²) in [5, 5.41) is 11.8. The lowest BCUT2D eigenvalue weighted by molar-refractivity contribution is -0.142. The van der Waals surface area contributed by atoms with Gasteiger partial charge in [-0.25, -0.2) is 0 Å². The number of fused-ring (bicyclic) bond motifs is 3. The Labute approximate surface area is 200 Å². The van der Waals surface area contributed by atoms with Crippen LogP contribution in [-0.4, -0.2) is 38.7 Å². The summed E-state index contributed by atoms with van der Waals surface area (Å²) in [7, 11) is 0. The number of aromatic nitrogens is 1. The molecule has 2 heterocycles. The fourth-order valence-corrected chi connectivity index (χ4v) is 4.71. The summed E-state index contributed by atoms with van der Waals surface area (Å²) in [5.41, 5.74) is -1.15. The molecule has 0 saturated carbocycles. The smallest absolute Gasteiger partial charge is 0.416 e. The quantitative estimate of drug-likeness (QED) is 0.587. The highest BCUT2D eigenvalue weighted by molar-refractivity contribution is 5.88. The van der Waals surface area contributed by atoms with Crippen molar-refractivity contribution in [2.45, 2.75) is 58.2 Å². The number of likely N-dealkylation sites (N-methyl/N-ethyl adjacent to an activating group) is 1. The van der Waals surface area contributed by atoms with Crippen molar-refractivity contribution >= 4 is 16.8 Å². The number of carbonyl (C=O) groups is 1. The Bertz CT molecular complexity index is 1330. The molecule has 4 rings (SSSR count). The Hall–Kier alpha value is -3.33. The molecule has 0 spiro atoms. The minimum Gasteiger partial charge on any atom is -0.484 e. The molecule has 2 atom stereocenters. The summed E-state index contributed by atoms with van der Waals surface area (Å²) in [4.78, 5) is 27.8. The molecule has 1 N–H and O–H groups in total. The van der Waals surface area contributed by atoms with Crippen LogP contribution in [-0.2, 0) is 17.5 Å². The van der Waals surface area contributed by atoms with Gasteiger partial charge in [0.05, 0.1) is 29.2 Å². The molecule has 0 radical (unpaired) electrons. The SMILES string of the molecule is CCN(C(C)=O)C1c2c(c3ccccc3n(Cc3ccc(C(F)(F)F)cc3)c2=O)OC(C)(C)C1O. The lowest BCUT2D eigenvalue weighted by atomic mass is 9.85. The molecule has 9 heteroatoms. The molecule has 1 aliphatic heterocycles. The second kappa shape index (κ2) is 8.71. The highest BCUT2D eigenvalue weighted by atomic mass is 19.4. The number of nitrogens with zero attached hydrogens (tertiary/aromatic N) is 2. The van der Waals surface area contributed by atoms with Gasteiger partial charge in [0.15, 0.2) is 0 Å². The van der Waals surface area contributed by atoms with E-state index in [1.54, 1.807) is 45.0 Å². The van der Waals surface area contributed by atoms with Gasteiger partial charge in [0, 0.05) is 18.9 Å². The van der Waals surface area contributed by atoms with Gasteiger partial charge in [-0.3, -0.25) is 9.59 Å². The van der Waals surface area contributed by atoms with Gasteiger partial charge in [-0.15, -0.1) is 0 Å². The number of amides is 1. The second-order valence-corrected chi connectivity index (χ2v) is 9.25. The number of para-hydroxylation sites is 1. The molecule has 1 amide bonds. The highest BCUT2D eigenvalue weighted by Crippen LogP contribution is 2.44. The van der Waals surface area contributed by atoms with Crippen LogP contribution >= 0.6 is 0 Å². The number of pyridine rings is 1. The van der Waals surface area contributed by atoms with Gasteiger partial charge in [-0.2, -0.15) is 13.2 Å². The van der Waals surface area contributed by atoms with E-state index in [-0.39, 0.29) is 24.6 Å². The third-order valence-electron chi connectivity index (χ3n) is 6.53. The van der Waals surface area contributed by atoms with Crippen molar-refractivity contribution in [2.24, 2.45) is 0 Å². The number of carbonyl (C=O) groups excluding carboxylic acids is 1. The molecule has 186 valence electrons. The van der Waals surface area contributed by atoms with E-state index in [0.29, 0.717) is 22.2 Å². The van der Waals surface area contributed by atoms with Gasteiger partial charge >= 0.3 is 6.18 Å². The van der Waals surface area contributed by atoms with Crippen LogP contribution in [0.25, 0.3) is 10.9 Å². The van der Waals surface area contributed by atoms with Crippen LogP contribution in [0.5, 0.6) is 5.75 Å². The van der Waals surface area contributed by atoms with Crippen LogP contribution in [0.15, 0.2) is 53.3 Å². The van der Waals surface area contributed by atoms with Crippen molar-refractivity contribution in [2.75, 3.05) is 6.54 Å². The highest BCUT2D eigenvalue weighted by Gasteiger charge is 2.48. The van der Waals surface area contributed by atoms with E-state index in [2.05, 4.69) is 0 Å². The number of halogens is 3. The van der Waals surface area contributed by atoms with Crippen LogP contribution in [0.2, 0.25) is 0 Å². The van der Waals surface area contributed by atoms with Crippen LogP contribution in [0, 0.1) is 0 Å². The summed E-state index contributed by atoms with van der Waals surface area (Å²) in [5.74, 6) is -0.00341. The molecule has 1 aromatic heterocycles. The van der Waals surface area contributed by atoms with E-state index < -0.39 is 35.0 Å². The molecule has 0 fully saturated rings. The number of ether oxygens (including phenoxy) is 1. The largest absolute Gasteiger partial charge is 0.484 e. The Morgan fingerprint density at radius 2 is 1.77 bits per heavy atom. The first-order valence-corrected chi connectivity index (χ1v) is 11.3. The summed E-state index contributed by atoms with van der Waals surface area (Å²) >= 11 is 0. The van der Waals surface area contributed by atoms with Crippen LogP contribution < -0.4 is 10.3 Å². The van der Waals surface area contributed by atoms with E-state index in [9.17, 15) is 27.9 Å². The third kappa shape index (κ3) is 4.29. The summed E-state index contributed by atoms with van der Waals surface area (Å²) in [6, 6.07) is 10.7. The first-order valence-electron chi connectivity index (χ1n) is 11.3. The van der Waals surface area contributed by atoms with E-state index in [1.165, 1.54) is 28.5 Å². The number of alkyl halides is 3. The van der Waals surface area contributed by atoms with Gasteiger partial charge in [0.2, 0.25) is 5.91 Å². The van der Waals surface area contributed by atoms with E-state index >= 15 is 0 Å². The van der Waals surface area contributed by atoms with Gasteiger partial charge in [0.1, 0.15) is 17.5 Å². The molecule has 35 heavy (non-hydrogen) atoms. The van der Waals surface area contributed by atoms with E-state index in [4.69, 9.17) is 4.74 Å². The molecule has 0 saturated heterocycles. The number of aliphatic hydroxyl groups excluding tert-OH is 1. The average Bonchev–Trinajstić information content (AvgIpc) is 2.79. The summed E-state index contributed by atoms with van der Waals surface area (Å²) in [6.07, 6.45) is -5.65. The van der Waals surface area contributed by atoms with Gasteiger partial charge in [-0.1, -0.05) is 24.3 Å². The average molecular weight is 489 g/mol. The first-order chi connectivity index (χ1) is 16.4. The molecule has 0 aliphatic carbocycles. The third-order valence-corrected chi connectivity index (χ3v) is 6.53. The standard InChI is InChI=1S/C26H27F3N2O4/c1-5-30(15(2)32)21-20-22(35-25(3,4)23(21)33)18-8-6-7-9-19(18)31(24(20)34)14-16-10-12-17(13-11-16)26(27,28)29/h6-13,21,23,33H,5,14H2,1-4H3. The van der Waals surface area contributed by atoms with Gasteiger partial charge in [-0.05, 0) is 50.6 Å². The van der Waals surface area contributed by atoms with Crippen LogP contribution in [0.1, 0.15) is 50.4 Å². The molecule has 2 aromatic carbocycles. The number of benzene rings is 2. The lowest BCUT2D eigenvalue weighted by Crippen LogP contribution is -2.56. The van der Waals surface area contributed by atoms with Crippen molar-refractivity contribution in [1.29, 1.82) is 0 Å². The zero-order valence-corrected chi connectivity index (χ0v) is 19.9. The Balaban J connectivity index is 1.96. The maximum absolute atomic E-state index is 13.9. The van der Waals surface area contributed by atoms with Crippen molar-refractivity contribution in [3.8, 4) is 5.75 Å². The lowest BCUT2D eigenvalue weighted by Gasteiger charge is -2.46. The summed E-state index contributed by atoms with van der Waals surface area (Å²) in [6.45, 7) is 6.80. The monoisotopic (exact) mass is 488 g/mol. The topological polar surface area (TPSA) is 71.8 Å². The molecular formula is C26H27F3N2O4. The number of rotatable bonds is 4. The number of hydrogen-bond acceptors (Lipinski definition) is 4. The molecular weight excluding hydrogens is 461 g/mol. The molecule has 1 aliphatic rings. The zero-order chi connectivity index (χ0) is 25.7. The van der Waals surface area contributed by atoms with Crippen LogP contribution in [0.4, 0.5) is 13.2 Å². The normalized spacial score (nSPS) is 19.2. The van der Waals surface area contributed by atoms with E-state index in [0.717, 1.165) is 12.1 Å². The molecule has 3 aromatic rings. The van der Waals surface area contributed by atoms with Gasteiger partial charge in [0.25, 0.3) is 5.56 Å². The van der Waals surface area contributed by atoms with Gasteiger partial charge < -0.3 is 19.3 Å². The number of hydrogen-bond donors (Lipinski definition) is 1. The number of aliphatic hydroxyl groups is 1. The van der Waals surface area contributed by atoms with E-state index in [1.807, 2.05) is 0 Å². The Morgan fingerprint density at radius 3 is 2.34 bits per heavy atom.